The summed E-state index contributed by atoms with van der Waals surface area (Å²) in [6, 6.07) is 28.0. The van der Waals surface area contributed by atoms with Gasteiger partial charge in [0.1, 0.15) is 24.7 Å². The van der Waals surface area contributed by atoms with Crippen molar-refractivity contribution in [3.05, 3.63) is 142 Å². The van der Waals surface area contributed by atoms with Crippen LogP contribution in [0.2, 0.25) is 0 Å². The Morgan fingerprint density at radius 2 is 1.38 bits per heavy atom. The Balaban J connectivity index is 0.00000470. The molecular formula is C66H75N6O11SY-. The SMILES string of the molecule is C.COc1cc2c(cc1OCc1cc(COc3cc4c(cc3C)C(=O)N3c5ccccc5C[C@H]3CC4)cc(NC(=O)[C@H](C)CC(=O)[C@H](C)NC(=O)CCCCC(=O)CCCN3C(=O)CC(SC)C3=O)c1)N(C)[CH-][C@@H]1Cc3ccccc3N1C2=O.[Y]. The molecular weight excluding hydrogens is 1170 g/mol. The molecule has 0 bridgehead atoms. The van der Waals surface area contributed by atoms with Crippen LogP contribution in [0.4, 0.5) is 22.7 Å². The van der Waals surface area contributed by atoms with Gasteiger partial charge in [-0.15, -0.1) is 0 Å². The van der Waals surface area contributed by atoms with Crippen LogP contribution in [0.3, 0.4) is 0 Å². The Bertz CT molecular complexity index is 3410. The molecule has 445 valence electrons. The number of likely N-dealkylation sites (tertiary alicyclic amines) is 1. The minimum atomic E-state index is -0.858. The van der Waals surface area contributed by atoms with Crippen molar-refractivity contribution in [1.82, 2.24) is 10.2 Å². The molecule has 19 heteroatoms. The van der Waals surface area contributed by atoms with Gasteiger partial charge < -0.3 is 39.5 Å². The minimum absolute atomic E-state index is 0. The largest absolute Gasteiger partial charge is 0.522 e. The smallest absolute Gasteiger partial charge is 0.258 e. The zero-order valence-electron chi connectivity index (χ0n) is 48.5. The molecule has 0 aliphatic carbocycles. The van der Waals surface area contributed by atoms with Crippen molar-refractivity contribution in [1.29, 1.82) is 0 Å². The number of benzene rings is 5. The van der Waals surface area contributed by atoms with Gasteiger partial charge in [-0.3, -0.25) is 43.3 Å². The Labute approximate surface area is 527 Å². The third-order valence-corrected chi connectivity index (χ3v) is 17.5. The number of fused-ring (bicyclic) bond motifs is 8. The van der Waals surface area contributed by atoms with Crippen molar-refractivity contribution >= 4 is 81.5 Å². The van der Waals surface area contributed by atoms with Crippen LogP contribution in [-0.4, -0.2) is 102 Å². The fraction of sp³-hybridized carbons (Fsp3) is 0.409. The number of amides is 6. The second-order valence-corrected chi connectivity index (χ2v) is 23.5. The zero-order valence-corrected chi connectivity index (χ0v) is 52.2. The van der Waals surface area contributed by atoms with Crippen LogP contribution in [0.25, 0.3) is 0 Å². The van der Waals surface area contributed by atoms with Gasteiger partial charge in [0.15, 0.2) is 17.3 Å². The number of Topliss-reactive ketones (excluding diaryl/α,β-unsaturated/α-hetero) is 2. The number of imide groups is 1. The Hall–Kier alpha value is -6.89. The fourth-order valence-electron chi connectivity index (χ4n) is 12.0. The van der Waals surface area contributed by atoms with E-state index >= 15 is 0 Å². The van der Waals surface area contributed by atoms with E-state index in [0.717, 1.165) is 40.9 Å². The average Bonchev–Trinajstić information content (AvgIpc) is 1.93. The van der Waals surface area contributed by atoms with Gasteiger partial charge in [0, 0.05) is 118 Å². The summed E-state index contributed by atoms with van der Waals surface area (Å²) in [5.41, 5.74) is 9.49. The first-order valence-electron chi connectivity index (χ1n) is 28.6. The third-order valence-electron chi connectivity index (χ3n) is 16.5. The normalized spacial score (nSPS) is 18.0. The molecule has 0 aromatic heterocycles. The first kappa shape index (κ1) is 64.1. The summed E-state index contributed by atoms with van der Waals surface area (Å²) < 4.78 is 18.9. The van der Waals surface area contributed by atoms with Crippen LogP contribution in [0.5, 0.6) is 17.2 Å². The summed E-state index contributed by atoms with van der Waals surface area (Å²) in [5, 5.41) is 5.40. The molecule has 6 amide bonds. The van der Waals surface area contributed by atoms with E-state index in [1.54, 1.807) is 32.2 Å². The van der Waals surface area contributed by atoms with Crippen LogP contribution >= 0.6 is 11.8 Å². The number of ether oxygens (including phenoxy) is 3. The summed E-state index contributed by atoms with van der Waals surface area (Å²) in [5.74, 6) is -1.01. The molecule has 0 saturated carbocycles. The monoisotopic (exact) mass is 1250 g/mol. The number of rotatable bonds is 23. The molecule has 5 aliphatic rings. The van der Waals surface area contributed by atoms with E-state index < -0.39 is 17.9 Å². The second kappa shape index (κ2) is 28.1. The molecule has 0 spiro atoms. The molecule has 17 nitrogen and oxygen atoms in total. The number of nitrogens with one attached hydrogen (secondary N) is 2. The Kier molecular flexibility index (Phi) is 21.2. The minimum Gasteiger partial charge on any atom is -0.522 e. The number of carbonyl (C=O) groups is 8. The van der Waals surface area contributed by atoms with E-state index in [4.69, 9.17) is 14.2 Å². The molecule has 10 rings (SSSR count). The number of nitrogens with zero attached hydrogens (tertiary/aromatic N) is 4. The van der Waals surface area contributed by atoms with Gasteiger partial charge in [-0.05, 0) is 154 Å². The summed E-state index contributed by atoms with van der Waals surface area (Å²) in [6.07, 6.45) is 6.81. The van der Waals surface area contributed by atoms with Gasteiger partial charge in [-0.1, -0.05) is 56.8 Å². The number of likely N-dealkylation sites (N-methyl/N-ethyl adjacent to an activating group) is 1. The summed E-state index contributed by atoms with van der Waals surface area (Å²) >= 11 is 1.35. The van der Waals surface area contributed by atoms with Crippen LogP contribution < -0.4 is 39.5 Å². The van der Waals surface area contributed by atoms with Crippen molar-refractivity contribution in [2.24, 2.45) is 5.92 Å². The van der Waals surface area contributed by atoms with Gasteiger partial charge in [-0.2, -0.15) is 11.8 Å². The van der Waals surface area contributed by atoms with Gasteiger partial charge in [0.05, 0.1) is 24.0 Å². The molecule has 5 atom stereocenters. The molecule has 5 aliphatic heterocycles. The number of hydrogen-bond donors (Lipinski definition) is 2. The van der Waals surface area contributed by atoms with Crippen LogP contribution in [0, 0.1) is 19.4 Å². The molecule has 1 fully saturated rings. The van der Waals surface area contributed by atoms with Gasteiger partial charge >= 0.3 is 0 Å². The number of hydrogen-bond acceptors (Lipinski definition) is 13. The van der Waals surface area contributed by atoms with E-state index in [1.165, 1.54) is 29.3 Å². The van der Waals surface area contributed by atoms with E-state index in [-0.39, 0.29) is 150 Å². The number of carbonyl (C=O) groups excluding carboxylic acids is 8. The van der Waals surface area contributed by atoms with E-state index in [9.17, 15) is 38.4 Å². The van der Waals surface area contributed by atoms with Crippen molar-refractivity contribution in [3.8, 4) is 17.2 Å². The standard InChI is InChI=1S/C65H71N6O11S.CH4.Y/c1-38-24-50-43(21-22-47-29-44-14-7-10-18-52(44)70(47)63(50)77)31-56(38)81-36-41-26-42(37-82-58-33-54-51(32-57(58)80-5)64(78)71-48(35-68(54)4)30-45-15-8-11-19-53(45)71)28-46(27-41)67-62(76)39(2)25-55(73)40(3)66-60(74)20-12-9-16-49(72)17-13-23-69-61(75)34-59(83-6)65(69)79;;/h7-8,10-11,14-15,18-19,24,26-28,31-33,35,39-40,47-48,59H,9,12-13,16-17,20-23,25,29-30,34,36-37H2,1-6H3,(H,66,74)(H,67,76);1H4;/q-1;;/t39-,40+,47-,48+,59?;;/m1../s1. The van der Waals surface area contributed by atoms with Crippen molar-refractivity contribution in [3.63, 3.8) is 0 Å². The molecule has 85 heavy (non-hydrogen) atoms. The maximum Gasteiger partial charge on any atom is 0.258 e. The predicted molar refractivity (Wildman–Crippen MR) is 325 cm³/mol. The maximum absolute atomic E-state index is 14.3. The van der Waals surface area contributed by atoms with Crippen LogP contribution in [0.1, 0.15) is 133 Å². The summed E-state index contributed by atoms with van der Waals surface area (Å²) in [4.78, 5) is 113. The first-order chi connectivity index (χ1) is 40.0. The Morgan fingerprint density at radius 1 is 0.729 bits per heavy atom. The molecule has 2 N–H and O–H groups in total. The number of aryl methyl sites for hydroxylation is 2. The predicted octanol–water partition coefficient (Wildman–Crippen LogP) is 9.93. The first-order valence-corrected chi connectivity index (χ1v) is 29.9. The van der Waals surface area contributed by atoms with Crippen molar-refractivity contribution < 1.29 is 85.3 Å². The number of ketones is 2. The summed E-state index contributed by atoms with van der Waals surface area (Å²) in [6.45, 7) is 7.56. The third kappa shape index (κ3) is 14.2. The van der Waals surface area contributed by atoms with Crippen LogP contribution in [0.15, 0.2) is 91.0 Å². The van der Waals surface area contributed by atoms with E-state index in [0.29, 0.717) is 83.0 Å². The fourth-order valence-corrected chi connectivity index (χ4v) is 12.7. The number of para-hydroxylation sites is 2. The topological polar surface area (TPSA) is 201 Å². The number of anilines is 4. The number of methoxy groups -OCH3 is 1. The second-order valence-electron chi connectivity index (χ2n) is 22.5. The number of thioether (sulfide) groups is 1. The molecule has 5 aromatic rings. The van der Waals surface area contributed by atoms with Crippen LogP contribution in [-0.2, 0) is 94.0 Å². The quantitative estimate of drug-likeness (QED) is 0.0356. The molecule has 5 aromatic carbocycles. The number of unbranched alkanes of at least 4 members (excludes halogenated alkanes) is 1. The van der Waals surface area contributed by atoms with E-state index in [1.807, 2.05) is 108 Å². The van der Waals surface area contributed by atoms with Gasteiger partial charge in [0.25, 0.3) is 11.8 Å². The summed E-state index contributed by atoms with van der Waals surface area (Å²) in [7, 11) is 3.44. The van der Waals surface area contributed by atoms with Gasteiger partial charge in [-0.25, -0.2) is 6.54 Å². The zero-order chi connectivity index (χ0) is 58.6. The Morgan fingerprint density at radius 3 is 2.07 bits per heavy atom. The van der Waals surface area contributed by atoms with Crippen molar-refractivity contribution in [2.45, 2.75) is 142 Å². The maximum atomic E-state index is 14.3. The van der Waals surface area contributed by atoms with Gasteiger partial charge in [0.2, 0.25) is 23.6 Å². The van der Waals surface area contributed by atoms with Crippen molar-refractivity contribution in [2.75, 3.05) is 47.0 Å². The average molecular weight is 1250 g/mol. The molecule has 1 saturated heterocycles. The molecule has 5 heterocycles. The van der Waals surface area contributed by atoms with E-state index in [2.05, 4.69) is 16.7 Å². The molecule has 1 radical (unpaired) electrons. The molecule has 1 unspecified atom stereocenters.